The largest absolute Gasteiger partial charge is 0.459 e. The molecule has 4 nitrogen and oxygen atoms in total. The van der Waals surface area contributed by atoms with Crippen LogP contribution < -0.4 is 0 Å². The van der Waals surface area contributed by atoms with Crippen molar-refractivity contribution in [3.8, 4) is 0 Å². The van der Waals surface area contributed by atoms with Gasteiger partial charge in [-0.1, -0.05) is 11.6 Å². The highest BCUT2D eigenvalue weighted by molar-refractivity contribution is 6.31. The Balaban J connectivity index is 2.85. The SMILES string of the molecule is CC(=O)OCc1nccc(Cl)c1CO. The number of hydrogen-bond donors (Lipinski definition) is 1. The zero-order valence-corrected chi connectivity index (χ0v) is 8.41. The molecule has 0 aliphatic carbocycles. The van der Waals surface area contributed by atoms with Crippen LogP contribution in [0, 0.1) is 0 Å². The fourth-order valence-corrected chi connectivity index (χ4v) is 1.20. The highest BCUT2D eigenvalue weighted by Crippen LogP contribution is 2.18. The molecule has 0 atom stereocenters. The average Bonchev–Trinajstić information content (AvgIpc) is 2.14. The summed E-state index contributed by atoms with van der Waals surface area (Å²) in [6.45, 7) is 1.12. The lowest BCUT2D eigenvalue weighted by molar-refractivity contribution is -0.142. The molecule has 0 fully saturated rings. The van der Waals surface area contributed by atoms with Crippen molar-refractivity contribution >= 4 is 17.6 Å². The van der Waals surface area contributed by atoms with Gasteiger partial charge in [0.05, 0.1) is 12.3 Å². The van der Waals surface area contributed by atoms with Crippen LogP contribution in [0.5, 0.6) is 0 Å². The Bertz CT molecular complexity index is 341. The molecule has 1 N–H and O–H groups in total. The summed E-state index contributed by atoms with van der Waals surface area (Å²) in [5.41, 5.74) is 0.977. The summed E-state index contributed by atoms with van der Waals surface area (Å²) in [7, 11) is 0. The van der Waals surface area contributed by atoms with Crippen molar-refractivity contribution in [2.75, 3.05) is 0 Å². The number of ether oxygens (including phenoxy) is 1. The second-order valence-electron chi connectivity index (χ2n) is 2.66. The Morgan fingerprint density at radius 1 is 1.71 bits per heavy atom. The number of aliphatic hydroxyl groups is 1. The van der Waals surface area contributed by atoms with E-state index in [-0.39, 0.29) is 13.2 Å². The molecule has 0 amide bonds. The van der Waals surface area contributed by atoms with E-state index in [1.807, 2.05) is 0 Å². The Morgan fingerprint density at radius 2 is 2.43 bits per heavy atom. The van der Waals surface area contributed by atoms with Crippen molar-refractivity contribution < 1.29 is 14.6 Å². The first-order valence-electron chi connectivity index (χ1n) is 4.01. The van der Waals surface area contributed by atoms with Crippen LogP contribution in [0.2, 0.25) is 5.02 Å². The maximum atomic E-state index is 10.6. The van der Waals surface area contributed by atoms with Crippen molar-refractivity contribution in [3.05, 3.63) is 28.5 Å². The number of aliphatic hydroxyl groups excluding tert-OH is 1. The Morgan fingerprint density at radius 3 is 3.00 bits per heavy atom. The van der Waals surface area contributed by atoms with Crippen LogP contribution in [0.4, 0.5) is 0 Å². The predicted octanol–water partition coefficient (Wildman–Crippen LogP) is 1.29. The van der Waals surface area contributed by atoms with E-state index in [0.717, 1.165) is 0 Å². The number of rotatable bonds is 3. The summed E-state index contributed by atoms with van der Waals surface area (Å²) in [5, 5.41) is 9.42. The van der Waals surface area contributed by atoms with E-state index in [4.69, 9.17) is 21.4 Å². The summed E-state index contributed by atoms with van der Waals surface area (Å²) in [4.78, 5) is 14.5. The molecule has 0 aliphatic heterocycles. The van der Waals surface area contributed by atoms with Gasteiger partial charge in [0.15, 0.2) is 0 Å². The van der Waals surface area contributed by atoms with Crippen LogP contribution in [0.15, 0.2) is 12.3 Å². The van der Waals surface area contributed by atoms with Gasteiger partial charge in [-0.3, -0.25) is 9.78 Å². The molecule has 1 rings (SSSR count). The van der Waals surface area contributed by atoms with E-state index in [9.17, 15) is 4.79 Å². The lowest BCUT2D eigenvalue weighted by Crippen LogP contribution is -2.04. The number of carbonyl (C=O) groups is 1. The van der Waals surface area contributed by atoms with Gasteiger partial charge in [-0.2, -0.15) is 0 Å². The molecule has 0 saturated heterocycles. The third-order valence-electron chi connectivity index (χ3n) is 1.66. The minimum absolute atomic E-state index is 0.0335. The highest BCUT2D eigenvalue weighted by atomic mass is 35.5. The molecule has 1 aromatic heterocycles. The molecule has 14 heavy (non-hydrogen) atoms. The minimum Gasteiger partial charge on any atom is -0.459 e. The summed E-state index contributed by atoms with van der Waals surface area (Å²) in [5.74, 6) is -0.393. The molecule has 0 spiro atoms. The summed E-state index contributed by atoms with van der Waals surface area (Å²) < 4.78 is 4.75. The zero-order valence-electron chi connectivity index (χ0n) is 7.66. The lowest BCUT2D eigenvalue weighted by atomic mass is 10.2. The molecular weight excluding hydrogens is 206 g/mol. The zero-order chi connectivity index (χ0) is 10.6. The fraction of sp³-hybridized carbons (Fsp3) is 0.333. The molecule has 0 aromatic carbocycles. The lowest BCUT2D eigenvalue weighted by Gasteiger charge is -2.07. The van der Waals surface area contributed by atoms with Gasteiger partial charge in [-0.25, -0.2) is 0 Å². The van der Waals surface area contributed by atoms with Gasteiger partial charge >= 0.3 is 5.97 Å². The molecule has 0 saturated carbocycles. The Hall–Kier alpha value is -1.13. The average molecular weight is 216 g/mol. The van der Waals surface area contributed by atoms with E-state index < -0.39 is 5.97 Å². The second kappa shape index (κ2) is 4.93. The monoisotopic (exact) mass is 215 g/mol. The van der Waals surface area contributed by atoms with Crippen LogP contribution >= 0.6 is 11.6 Å². The van der Waals surface area contributed by atoms with Crippen molar-refractivity contribution in [2.45, 2.75) is 20.1 Å². The molecule has 0 unspecified atom stereocenters. The van der Waals surface area contributed by atoms with Gasteiger partial charge in [-0.15, -0.1) is 0 Å². The first kappa shape index (κ1) is 10.9. The van der Waals surface area contributed by atoms with E-state index in [1.165, 1.54) is 13.1 Å². The number of esters is 1. The van der Waals surface area contributed by atoms with Crippen molar-refractivity contribution in [3.63, 3.8) is 0 Å². The molecule has 0 radical (unpaired) electrons. The predicted molar refractivity (Wildman–Crippen MR) is 50.6 cm³/mol. The number of aromatic nitrogens is 1. The van der Waals surface area contributed by atoms with E-state index in [2.05, 4.69) is 4.98 Å². The third kappa shape index (κ3) is 2.68. The molecule has 0 bridgehead atoms. The molecular formula is C9H10ClNO3. The highest BCUT2D eigenvalue weighted by Gasteiger charge is 2.08. The number of hydrogen-bond acceptors (Lipinski definition) is 4. The number of halogens is 1. The standard InChI is InChI=1S/C9H10ClNO3/c1-6(13)14-5-9-7(4-12)8(10)2-3-11-9/h2-3,12H,4-5H2,1H3. The number of carbonyl (C=O) groups excluding carboxylic acids is 1. The first-order chi connectivity index (χ1) is 6.65. The van der Waals surface area contributed by atoms with Crippen LogP contribution in [0.3, 0.4) is 0 Å². The van der Waals surface area contributed by atoms with Gasteiger partial charge < -0.3 is 9.84 Å². The van der Waals surface area contributed by atoms with Crippen LogP contribution in [-0.4, -0.2) is 16.1 Å². The Kier molecular flexibility index (Phi) is 3.85. The molecule has 0 aliphatic rings. The van der Waals surface area contributed by atoms with Crippen LogP contribution in [0.1, 0.15) is 18.2 Å². The fourth-order valence-electron chi connectivity index (χ4n) is 0.970. The van der Waals surface area contributed by atoms with Crippen molar-refractivity contribution in [2.24, 2.45) is 0 Å². The smallest absolute Gasteiger partial charge is 0.303 e. The van der Waals surface area contributed by atoms with E-state index in [0.29, 0.717) is 16.3 Å². The maximum Gasteiger partial charge on any atom is 0.303 e. The quantitative estimate of drug-likeness (QED) is 0.772. The van der Waals surface area contributed by atoms with Gasteiger partial charge in [0.2, 0.25) is 0 Å². The maximum absolute atomic E-state index is 10.6. The van der Waals surface area contributed by atoms with Crippen LogP contribution in [-0.2, 0) is 22.7 Å². The summed E-state index contributed by atoms with van der Waals surface area (Å²) in [6.07, 6.45) is 1.50. The molecule has 5 heteroatoms. The van der Waals surface area contributed by atoms with Gasteiger partial charge in [0, 0.05) is 23.7 Å². The molecule has 1 aromatic rings. The van der Waals surface area contributed by atoms with Crippen LogP contribution in [0.25, 0.3) is 0 Å². The molecule has 1 heterocycles. The van der Waals surface area contributed by atoms with E-state index in [1.54, 1.807) is 6.07 Å². The second-order valence-corrected chi connectivity index (χ2v) is 3.06. The first-order valence-corrected chi connectivity index (χ1v) is 4.39. The van der Waals surface area contributed by atoms with Gasteiger partial charge in [0.1, 0.15) is 6.61 Å². The normalized spacial score (nSPS) is 9.93. The summed E-state index contributed by atoms with van der Waals surface area (Å²) >= 11 is 5.80. The summed E-state index contributed by atoms with van der Waals surface area (Å²) in [6, 6.07) is 1.57. The van der Waals surface area contributed by atoms with Gasteiger partial charge in [-0.05, 0) is 6.07 Å². The van der Waals surface area contributed by atoms with Gasteiger partial charge in [0.25, 0.3) is 0 Å². The minimum atomic E-state index is -0.393. The topological polar surface area (TPSA) is 59.4 Å². The van der Waals surface area contributed by atoms with E-state index >= 15 is 0 Å². The molecule has 76 valence electrons. The number of nitrogens with zero attached hydrogens (tertiary/aromatic N) is 1. The Labute approximate surface area is 86.5 Å². The van der Waals surface area contributed by atoms with Crippen molar-refractivity contribution in [1.82, 2.24) is 4.98 Å². The number of pyridine rings is 1. The van der Waals surface area contributed by atoms with Crippen molar-refractivity contribution in [1.29, 1.82) is 0 Å². The third-order valence-corrected chi connectivity index (χ3v) is 2.01.